The van der Waals surface area contributed by atoms with Gasteiger partial charge >= 0.3 is 0 Å². The standard InChI is InChI=1S/C13H24N4/c1-10(2)9-17-13(11-5-3-4-6-11)12(7-8-14)15-16-17/h10-11H,3-9,14H2,1-2H3. The van der Waals surface area contributed by atoms with E-state index in [1.807, 2.05) is 0 Å². The number of hydrogen-bond acceptors (Lipinski definition) is 3. The van der Waals surface area contributed by atoms with E-state index in [1.54, 1.807) is 0 Å². The topological polar surface area (TPSA) is 56.7 Å². The predicted octanol–water partition coefficient (Wildman–Crippen LogP) is 2.09. The monoisotopic (exact) mass is 236 g/mol. The van der Waals surface area contributed by atoms with Crippen molar-refractivity contribution in [1.29, 1.82) is 0 Å². The molecule has 0 spiro atoms. The minimum atomic E-state index is 0.613. The lowest BCUT2D eigenvalue weighted by Crippen LogP contribution is -2.14. The van der Waals surface area contributed by atoms with Crippen molar-refractivity contribution in [2.45, 2.75) is 58.4 Å². The maximum absolute atomic E-state index is 5.66. The number of nitrogens with zero attached hydrogens (tertiary/aromatic N) is 3. The zero-order chi connectivity index (χ0) is 12.3. The fourth-order valence-electron chi connectivity index (χ4n) is 2.80. The van der Waals surface area contributed by atoms with Gasteiger partial charge in [0.2, 0.25) is 0 Å². The molecule has 17 heavy (non-hydrogen) atoms. The van der Waals surface area contributed by atoms with Crippen LogP contribution in [0.3, 0.4) is 0 Å². The summed E-state index contributed by atoms with van der Waals surface area (Å²) < 4.78 is 2.13. The van der Waals surface area contributed by atoms with E-state index in [0.29, 0.717) is 18.4 Å². The second-order valence-electron chi connectivity index (χ2n) is 5.52. The molecule has 1 aromatic heterocycles. The van der Waals surface area contributed by atoms with E-state index < -0.39 is 0 Å². The largest absolute Gasteiger partial charge is 0.330 e. The van der Waals surface area contributed by atoms with Crippen LogP contribution in [0.2, 0.25) is 0 Å². The smallest absolute Gasteiger partial charge is 0.0874 e. The van der Waals surface area contributed by atoms with Crippen molar-refractivity contribution in [3.05, 3.63) is 11.4 Å². The third kappa shape index (κ3) is 2.86. The average molecular weight is 236 g/mol. The highest BCUT2D eigenvalue weighted by atomic mass is 15.4. The minimum Gasteiger partial charge on any atom is -0.330 e. The summed E-state index contributed by atoms with van der Waals surface area (Å²) >= 11 is 0. The quantitative estimate of drug-likeness (QED) is 0.851. The molecule has 1 heterocycles. The van der Waals surface area contributed by atoms with Crippen molar-refractivity contribution in [3.63, 3.8) is 0 Å². The van der Waals surface area contributed by atoms with Gasteiger partial charge in [-0.05, 0) is 25.3 Å². The number of rotatable bonds is 5. The number of aromatic nitrogens is 3. The first kappa shape index (κ1) is 12.6. The van der Waals surface area contributed by atoms with Crippen LogP contribution in [-0.2, 0) is 13.0 Å². The molecule has 2 rings (SSSR count). The molecule has 1 aliphatic rings. The van der Waals surface area contributed by atoms with Crippen molar-refractivity contribution in [1.82, 2.24) is 15.0 Å². The predicted molar refractivity (Wildman–Crippen MR) is 68.8 cm³/mol. The Morgan fingerprint density at radius 1 is 1.35 bits per heavy atom. The highest BCUT2D eigenvalue weighted by molar-refractivity contribution is 5.17. The van der Waals surface area contributed by atoms with Crippen LogP contribution in [0.15, 0.2) is 0 Å². The molecule has 0 radical (unpaired) electrons. The summed E-state index contributed by atoms with van der Waals surface area (Å²) in [6.45, 7) is 6.09. The van der Waals surface area contributed by atoms with Gasteiger partial charge < -0.3 is 5.73 Å². The summed E-state index contributed by atoms with van der Waals surface area (Å²) in [6, 6.07) is 0. The summed E-state index contributed by atoms with van der Waals surface area (Å²) in [4.78, 5) is 0. The highest BCUT2D eigenvalue weighted by Gasteiger charge is 2.25. The van der Waals surface area contributed by atoms with E-state index in [1.165, 1.54) is 31.4 Å². The molecule has 0 amide bonds. The molecule has 0 aliphatic heterocycles. The van der Waals surface area contributed by atoms with E-state index >= 15 is 0 Å². The van der Waals surface area contributed by atoms with Gasteiger partial charge in [-0.1, -0.05) is 31.9 Å². The fraction of sp³-hybridized carbons (Fsp3) is 0.846. The van der Waals surface area contributed by atoms with Crippen molar-refractivity contribution >= 4 is 0 Å². The van der Waals surface area contributed by atoms with Crippen LogP contribution >= 0.6 is 0 Å². The van der Waals surface area contributed by atoms with Gasteiger partial charge in [-0.25, -0.2) is 4.68 Å². The van der Waals surface area contributed by atoms with E-state index in [2.05, 4.69) is 28.8 Å². The Morgan fingerprint density at radius 2 is 2.06 bits per heavy atom. The van der Waals surface area contributed by atoms with E-state index in [9.17, 15) is 0 Å². The molecule has 4 nitrogen and oxygen atoms in total. The van der Waals surface area contributed by atoms with Crippen molar-refractivity contribution in [2.75, 3.05) is 6.54 Å². The molecule has 0 aromatic carbocycles. The number of nitrogens with two attached hydrogens (primary N) is 1. The number of hydrogen-bond donors (Lipinski definition) is 1. The van der Waals surface area contributed by atoms with Crippen molar-refractivity contribution < 1.29 is 0 Å². The molecule has 1 aliphatic carbocycles. The Kier molecular flexibility index (Phi) is 4.15. The van der Waals surface area contributed by atoms with Crippen LogP contribution in [0.25, 0.3) is 0 Å². The molecule has 0 saturated heterocycles. The molecule has 0 unspecified atom stereocenters. The van der Waals surface area contributed by atoms with Gasteiger partial charge in [0.25, 0.3) is 0 Å². The van der Waals surface area contributed by atoms with Gasteiger partial charge in [0.1, 0.15) is 0 Å². The zero-order valence-corrected chi connectivity index (χ0v) is 11.0. The summed E-state index contributed by atoms with van der Waals surface area (Å²) in [6.07, 6.45) is 6.15. The lowest BCUT2D eigenvalue weighted by atomic mass is 10.00. The van der Waals surface area contributed by atoms with E-state index in [-0.39, 0.29) is 0 Å². The van der Waals surface area contributed by atoms with Gasteiger partial charge in [-0.3, -0.25) is 0 Å². The van der Waals surface area contributed by atoms with E-state index in [0.717, 1.165) is 18.7 Å². The Morgan fingerprint density at radius 3 is 2.65 bits per heavy atom. The molecule has 96 valence electrons. The summed E-state index contributed by atoms with van der Waals surface area (Å²) in [5.41, 5.74) is 8.18. The molecule has 1 fully saturated rings. The molecule has 0 bridgehead atoms. The Balaban J connectivity index is 2.25. The molecule has 2 N–H and O–H groups in total. The molecular weight excluding hydrogens is 212 g/mol. The zero-order valence-electron chi connectivity index (χ0n) is 11.0. The normalized spacial score (nSPS) is 17.2. The second kappa shape index (κ2) is 5.63. The molecular formula is C13H24N4. The average Bonchev–Trinajstić information content (AvgIpc) is 2.87. The summed E-state index contributed by atoms with van der Waals surface area (Å²) in [5, 5.41) is 8.67. The van der Waals surface area contributed by atoms with Gasteiger partial charge in [0.05, 0.1) is 11.4 Å². The van der Waals surface area contributed by atoms with Gasteiger partial charge in [-0.2, -0.15) is 0 Å². The highest BCUT2D eigenvalue weighted by Crippen LogP contribution is 2.35. The maximum atomic E-state index is 5.66. The maximum Gasteiger partial charge on any atom is 0.0874 e. The minimum absolute atomic E-state index is 0.613. The molecule has 1 aromatic rings. The van der Waals surface area contributed by atoms with Crippen molar-refractivity contribution in [3.8, 4) is 0 Å². The second-order valence-corrected chi connectivity index (χ2v) is 5.52. The van der Waals surface area contributed by atoms with Crippen LogP contribution in [-0.4, -0.2) is 21.5 Å². The molecule has 0 atom stereocenters. The first-order valence-electron chi connectivity index (χ1n) is 6.84. The Bertz CT molecular complexity index is 350. The van der Waals surface area contributed by atoms with Crippen LogP contribution < -0.4 is 5.73 Å². The Labute approximate surface area is 104 Å². The van der Waals surface area contributed by atoms with Crippen LogP contribution in [0, 0.1) is 5.92 Å². The Hall–Kier alpha value is -0.900. The molecule has 1 saturated carbocycles. The van der Waals surface area contributed by atoms with Gasteiger partial charge in [0, 0.05) is 18.9 Å². The van der Waals surface area contributed by atoms with Crippen LogP contribution in [0.1, 0.15) is 56.8 Å². The third-order valence-corrected chi connectivity index (χ3v) is 3.51. The van der Waals surface area contributed by atoms with Gasteiger partial charge in [0.15, 0.2) is 0 Å². The molecule has 4 heteroatoms. The first-order chi connectivity index (χ1) is 8.22. The third-order valence-electron chi connectivity index (χ3n) is 3.51. The van der Waals surface area contributed by atoms with E-state index in [4.69, 9.17) is 5.73 Å². The summed E-state index contributed by atoms with van der Waals surface area (Å²) in [7, 11) is 0. The van der Waals surface area contributed by atoms with Crippen LogP contribution in [0.4, 0.5) is 0 Å². The first-order valence-corrected chi connectivity index (χ1v) is 6.84. The SMILES string of the molecule is CC(C)Cn1nnc(CCN)c1C1CCCC1. The lowest BCUT2D eigenvalue weighted by molar-refractivity contribution is 0.445. The fourth-order valence-corrected chi connectivity index (χ4v) is 2.80. The van der Waals surface area contributed by atoms with Crippen molar-refractivity contribution in [2.24, 2.45) is 11.7 Å². The van der Waals surface area contributed by atoms with Crippen LogP contribution in [0.5, 0.6) is 0 Å². The summed E-state index contributed by atoms with van der Waals surface area (Å²) in [5.74, 6) is 1.29. The van der Waals surface area contributed by atoms with Gasteiger partial charge in [-0.15, -0.1) is 5.10 Å². The lowest BCUT2D eigenvalue weighted by Gasteiger charge is -2.15.